The van der Waals surface area contributed by atoms with Gasteiger partial charge in [-0.15, -0.1) is 0 Å². The third kappa shape index (κ3) is 2.87. The highest BCUT2D eigenvalue weighted by molar-refractivity contribution is 5.71. The molecule has 0 aliphatic heterocycles. The molecule has 1 heterocycles. The summed E-state index contributed by atoms with van der Waals surface area (Å²) >= 11 is 0. The molecule has 0 amide bonds. The number of carbonyl (C=O) groups is 1. The Bertz CT molecular complexity index is 283. The van der Waals surface area contributed by atoms with E-state index in [9.17, 15) is 4.79 Å². The Kier molecular flexibility index (Phi) is 3.45. The molecule has 0 atom stereocenters. The predicted octanol–water partition coefficient (Wildman–Crippen LogP) is 0.839. The van der Waals surface area contributed by atoms with Crippen molar-refractivity contribution in [3.63, 3.8) is 0 Å². The van der Waals surface area contributed by atoms with Gasteiger partial charge < -0.3 is 15.0 Å². The van der Waals surface area contributed by atoms with Crippen LogP contribution in [0.15, 0.2) is 10.6 Å². The van der Waals surface area contributed by atoms with Crippen molar-refractivity contribution in [1.29, 1.82) is 0 Å². The lowest BCUT2D eigenvalue weighted by Gasteiger charge is -1.95. The van der Waals surface area contributed by atoms with Gasteiger partial charge in [0.2, 0.25) is 0 Å². The topological polar surface area (TPSA) is 78.4 Å². The molecule has 2 N–H and O–H groups in total. The zero-order valence-electron chi connectivity index (χ0n) is 7.45. The summed E-state index contributed by atoms with van der Waals surface area (Å²) < 4.78 is 9.58. The normalized spacial score (nSPS) is 10.0. The van der Waals surface area contributed by atoms with E-state index in [1.54, 1.807) is 0 Å². The van der Waals surface area contributed by atoms with Crippen LogP contribution in [0.4, 0.5) is 0 Å². The highest BCUT2D eigenvalue weighted by Crippen LogP contribution is 2.11. The van der Waals surface area contributed by atoms with Gasteiger partial charge in [-0.05, 0) is 11.6 Å². The first kappa shape index (κ1) is 9.73. The molecule has 5 heteroatoms. The van der Waals surface area contributed by atoms with Crippen molar-refractivity contribution in [2.45, 2.75) is 26.3 Å². The van der Waals surface area contributed by atoms with Gasteiger partial charge in [-0.25, -0.2) is 0 Å². The van der Waals surface area contributed by atoms with Gasteiger partial charge in [0.25, 0.3) is 5.88 Å². The van der Waals surface area contributed by atoms with Crippen LogP contribution < -0.4 is 10.5 Å². The fourth-order valence-electron chi connectivity index (χ4n) is 0.810. The highest BCUT2D eigenvalue weighted by atomic mass is 16.6. The van der Waals surface area contributed by atoms with E-state index in [1.165, 1.54) is 6.07 Å². The maximum absolute atomic E-state index is 11.0. The summed E-state index contributed by atoms with van der Waals surface area (Å²) in [5.41, 5.74) is 5.28. The van der Waals surface area contributed by atoms with Crippen LogP contribution in [-0.4, -0.2) is 11.1 Å². The van der Waals surface area contributed by atoms with Gasteiger partial charge >= 0.3 is 5.97 Å². The maximum atomic E-state index is 11.0. The number of hydrogen-bond donors (Lipinski definition) is 1. The number of ether oxygens (including phenoxy) is 1. The average molecular weight is 184 g/mol. The van der Waals surface area contributed by atoms with Gasteiger partial charge in [0, 0.05) is 12.5 Å². The van der Waals surface area contributed by atoms with Crippen molar-refractivity contribution in [1.82, 2.24) is 5.16 Å². The standard InChI is InChI=1S/C8H12N2O3/c1-2-3-8(11)12-7-4-6(5-9)13-10-7/h4H,2-3,5,9H2,1H3. The van der Waals surface area contributed by atoms with Gasteiger partial charge in [-0.1, -0.05) is 6.92 Å². The number of carbonyl (C=O) groups excluding carboxylic acids is 1. The average Bonchev–Trinajstić information content (AvgIpc) is 2.52. The van der Waals surface area contributed by atoms with Crippen LogP contribution in [0.1, 0.15) is 25.5 Å². The third-order valence-electron chi connectivity index (χ3n) is 1.41. The van der Waals surface area contributed by atoms with Crippen molar-refractivity contribution in [3.8, 4) is 5.88 Å². The summed E-state index contributed by atoms with van der Waals surface area (Å²) in [6, 6.07) is 1.51. The number of aromatic nitrogens is 1. The molecule has 72 valence electrons. The molecular formula is C8H12N2O3. The third-order valence-corrected chi connectivity index (χ3v) is 1.41. The van der Waals surface area contributed by atoms with E-state index >= 15 is 0 Å². The minimum absolute atomic E-state index is 0.180. The van der Waals surface area contributed by atoms with Crippen molar-refractivity contribution in [3.05, 3.63) is 11.8 Å². The summed E-state index contributed by atoms with van der Waals surface area (Å²) in [6.07, 6.45) is 1.13. The predicted molar refractivity (Wildman–Crippen MR) is 44.9 cm³/mol. The van der Waals surface area contributed by atoms with Crippen LogP contribution in [0, 0.1) is 0 Å². The monoisotopic (exact) mass is 184 g/mol. The number of nitrogens with two attached hydrogens (primary N) is 1. The van der Waals surface area contributed by atoms with E-state index in [1.807, 2.05) is 6.92 Å². The van der Waals surface area contributed by atoms with E-state index < -0.39 is 0 Å². The molecule has 0 aliphatic rings. The molecule has 0 spiro atoms. The molecule has 5 nitrogen and oxygen atoms in total. The SMILES string of the molecule is CCCC(=O)Oc1cc(CN)on1. The first-order valence-corrected chi connectivity index (χ1v) is 4.12. The second-order valence-corrected chi connectivity index (χ2v) is 2.56. The van der Waals surface area contributed by atoms with Crippen LogP contribution in [0.5, 0.6) is 5.88 Å². The van der Waals surface area contributed by atoms with E-state index in [2.05, 4.69) is 5.16 Å². The van der Waals surface area contributed by atoms with Crippen LogP contribution in [0.25, 0.3) is 0 Å². The second-order valence-electron chi connectivity index (χ2n) is 2.56. The minimum atomic E-state index is -0.306. The molecule has 0 aromatic carbocycles. The first-order valence-electron chi connectivity index (χ1n) is 4.12. The van der Waals surface area contributed by atoms with Crippen molar-refractivity contribution < 1.29 is 14.1 Å². The van der Waals surface area contributed by atoms with E-state index in [0.29, 0.717) is 12.2 Å². The van der Waals surface area contributed by atoms with E-state index in [-0.39, 0.29) is 18.4 Å². The first-order chi connectivity index (χ1) is 6.26. The molecule has 0 aliphatic carbocycles. The molecule has 0 radical (unpaired) electrons. The fraction of sp³-hybridized carbons (Fsp3) is 0.500. The molecule has 1 rings (SSSR count). The number of nitrogens with zero attached hydrogens (tertiary/aromatic N) is 1. The molecular weight excluding hydrogens is 172 g/mol. The summed E-state index contributed by atoms with van der Waals surface area (Å²) in [5.74, 6) is 0.373. The lowest BCUT2D eigenvalue weighted by atomic mass is 10.3. The molecule has 0 fully saturated rings. The Balaban J connectivity index is 2.49. The minimum Gasteiger partial charge on any atom is -0.404 e. The largest absolute Gasteiger partial charge is 0.404 e. The van der Waals surface area contributed by atoms with Gasteiger partial charge in [-0.3, -0.25) is 4.79 Å². The van der Waals surface area contributed by atoms with E-state index in [4.69, 9.17) is 15.0 Å². The molecule has 13 heavy (non-hydrogen) atoms. The Morgan fingerprint density at radius 1 is 1.77 bits per heavy atom. The van der Waals surface area contributed by atoms with Gasteiger partial charge in [0.05, 0.1) is 6.54 Å². The molecule has 0 saturated heterocycles. The van der Waals surface area contributed by atoms with E-state index in [0.717, 1.165) is 6.42 Å². The summed E-state index contributed by atoms with van der Waals surface area (Å²) in [4.78, 5) is 11.0. The smallest absolute Gasteiger partial charge is 0.312 e. The molecule has 1 aromatic rings. The van der Waals surface area contributed by atoms with Gasteiger partial charge in [0.15, 0.2) is 5.76 Å². The van der Waals surface area contributed by atoms with Crippen molar-refractivity contribution >= 4 is 5.97 Å². The zero-order valence-corrected chi connectivity index (χ0v) is 7.45. The van der Waals surface area contributed by atoms with Gasteiger partial charge in [0.1, 0.15) is 0 Å². The fourth-order valence-corrected chi connectivity index (χ4v) is 0.810. The Morgan fingerprint density at radius 2 is 2.54 bits per heavy atom. The van der Waals surface area contributed by atoms with Crippen LogP contribution in [0.3, 0.4) is 0 Å². The number of rotatable bonds is 4. The number of hydrogen-bond acceptors (Lipinski definition) is 5. The lowest BCUT2D eigenvalue weighted by molar-refractivity contribution is -0.134. The van der Waals surface area contributed by atoms with Crippen LogP contribution in [-0.2, 0) is 11.3 Å². The maximum Gasteiger partial charge on any atom is 0.312 e. The quantitative estimate of drug-likeness (QED) is 0.701. The highest BCUT2D eigenvalue weighted by Gasteiger charge is 2.07. The van der Waals surface area contributed by atoms with Crippen molar-refractivity contribution in [2.75, 3.05) is 0 Å². The van der Waals surface area contributed by atoms with Crippen LogP contribution >= 0.6 is 0 Å². The van der Waals surface area contributed by atoms with Crippen molar-refractivity contribution in [2.24, 2.45) is 5.73 Å². The lowest BCUT2D eigenvalue weighted by Crippen LogP contribution is -2.06. The van der Waals surface area contributed by atoms with Crippen LogP contribution in [0.2, 0.25) is 0 Å². The molecule has 0 unspecified atom stereocenters. The Labute approximate surface area is 75.8 Å². The summed E-state index contributed by atoms with van der Waals surface area (Å²) in [6.45, 7) is 2.15. The Morgan fingerprint density at radius 3 is 3.08 bits per heavy atom. The zero-order chi connectivity index (χ0) is 9.68. The summed E-state index contributed by atoms with van der Waals surface area (Å²) in [5, 5.41) is 3.51. The molecule has 0 bridgehead atoms. The molecule has 1 aromatic heterocycles. The summed E-state index contributed by atoms with van der Waals surface area (Å²) in [7, 11) is 0. The molecule has 0 saturated carbocycles. The Hall–Kier alpha value is -1.36. The van der Waals surface area contributed by atoms with Gasteiger partial charge in [-0.2, -0.15) is 0 Å². The second kappa shape index (κ2) is 4.61. The number of esters is 1.